The van der Waals surface area contributed by atoms with E-state index >= 15 is 0 Å². The van der Waals surface area contributed by atoms with E-state index < -0.39 is 5.97 Å². The largest absolute Gasteiger partial charge is 0.507 e. The number of hydrogen-bond acceptors (Lipinski definition) is 2. The topological polar surface area (TPSA) is 57.5 Å². The van der Waals surface area contributed by atoms with Crippen molar-refractivity contribution in [1.82, 2.24) is 0 Å². The van der Waals surface area contributed by atoms with Gasteiger partial charge in [0.2, 0.25) is 0 Å². The SMILES string of the molecule is CC(c1cc(C(=O)O)c(O)c(C(C)c2ccccc2Cc2ccccc2)c1)c1ccccc1Cc1ccccc1. The summed E-state index contributed by atoms with van der Waals surface area (Å²) in [6.07, 6.45) is 1.55. The standard InChI is InChI=1S/C37H34O3/c1-25(32-19-11-9-17-29(32)21-27-13-5-3-6-14-27)31-23-34(36(38)35(24-31)37(39)40)26(2)33-20-12-10-18-30(33)22-28-15-7-4-8-16-28/h3-20,23-26,38H,21-22H2,1-2H3,(H,39,40). The molecular formula is C37H34O3. The van der Waals surface area contributed by atoms with Crippen LogP contribution in [0.3, 0.4) is 0 Å². The fourth-order valence-electron chi connectivity index (χ4n) is 5.64. The van der Waals surface area contributed by atoms with Crippen molar-refractivity contribution in [3.63, 3.8) is 0 Å². The average Bonchev–Trinajstić information content (AvgIpc) is 2.98. The summed E-state index contributed by atoms with van der Waals surface area (Å²) < 4.78 is 0. The molecule has 2 atom stereocenters. The van der Waals surface area contributed by atoms with Crippen molar-refractivity contribution in [2.24, 2.45) is 0 Å². The second-order valence-corrected chi connectivity index (χ2v) is 10.5. The number of rotatable bonds is 9. The van der Waals surface area contributed by atoms with E-state index in [9.17, 15) is 15.0 Å². The third kappa shape index (κ3) is 5.84. The van der Waals surface area contributed by atoms with Crippen LogP contribution in [0.1, 0.15) is 80.5 Å². The zero-order chi connectivity index (χ0) is 28.1. The van der Waals surface area contributed by atoms with E-state index in [0.29, 0.717) is 5.56 Å². The Morgan fingerprint density at radius 3 is 1.55 bits per heavy atom. The number of carboxylic acid groups (broad SMARTS) is 1. The van der Waals surface area contributed by atoms with E-state index in [1.807, 2.05) is 73.7 Å². The maximum Gasteiger partial charge on any atom is 0.339 e. The summed E-state index contributed by atoms with van der Waals surface area (Å²) >= 11 is 0. The van der Waals surface area contributed by atoms with Crippen molar-refractivity contribution in [2.45, 2.75) is 38.5 Å². The molecule has 0 aromatic heterocycles. The lowest BCUT2D eigenvalue weighted by Gasteiger charge is -2.23. The third-order valence-corrected chi connectivity index (χ3v) is 7.88. The molecule has 3 nitrogen and oxygen atoms in total. The molecule has 3 heteroatoms. The van der Waals surface area contributed by atoms with Crippen molar-refractivity contribution in [1.29, 1.82) is 0 Å². The molecule has 0 aliphatic carbocycles. The van der Waals surface area contributed by atoms with Crippen LogP contribution in [0.25, 0.3) is 0 Å². The number of phenols is 1. The maximum absolute atomic E-state index is 12.3. The van der Waals surface area contributed by atoms with Gasteiger partial charge >= 0.3 is 5.97 Å². The number of benzene rings is 5. The van der Waals surface area contributed by atoms with Gasteiger partial charge in [-0.25, -0.2) is 4.79 Å². The van der Waals surface area contributed by atoms with E-state index in [-0.39, 0.29) is 23.1 Å². The van der Waals surface area contributed by atoms with Crippen LogP contribution in [0.15, 0.2) is 121 Å². The molecule has 0 radical (unpaired) electrons. The Labute approximate surface area is 236 Å². The highest BCUT2D eigenvalue weighted by molar-refractivity contribution is 5.92. The first-order valence-corrected chi connectivity index (χ1v) is 13.8. The summed E-state index contributed by atoms with van der Waals surface area (Å²) in [5, 5.41) is 21.3. The van der Waals surface area contributed by atoms with Crippen LogP contribution in [0.4, 0.5) is 0 Å². The minimum atomic E-state index is -1.13. The fourth-order valence-corrected chi connectivity index (χ4v) is 5.64. The van der Waals surface area contributed by atoms with Crippen LogP contribution < -0.4 is 0 Å². The molecule has 0 heterocycles. The van der Waals surface area contributed by atoms with E-state index in [0.717, 1.165) is 35.1 Å². The van der Waals surface area contributed by atoms with Crippen molar-refractivity contribution >= 4 is 5.97 Å². The number of aromatic carboxylic acids is 1. The molecule has 0 fully saturated rings. The smallest absolute Gasteiger partial charge is 0.339 e. The van der Waals surface area contributed by atoms with Crippen molar-refractivity contribution in [3.8, 4) is 5.75 Å². The van der Waals surface area contributed by atoms with E-state index in [1.165, 1.54) is 16.7 Å². The first-order valence-electron chi connectivity index (χ1n) is 13.8. The Bertz CT molecular complexity index is 1610. The summed E-state index contributed by atoms with van der Waals surface area (Å²) in [6, 6.07) is 40.8. The molecule has 5 rings (SSSR count). The van der Waals surface area contributed by atoms with Crippen LogP contribution in [-0.4, -0.2) is 16.2 Å². The minimum absolute atomic E-state index is 0.0627. The van der Waals surface area contributed by atoms with E-state index in [4.69, 9.17) is 0 Å². The molecule has 2 N–H and O–H groups in total. The molecule has 0 aliphatic rings. The average molecular weight is 527 g/mol. The van der Waals surface area contributed by atoms with Gasteiger partial charge in [-0.3, -0.25) is 0 Å². The second-order valence-electron chi connectivity index (χ2n) is 10.5. The highest BCUT2D eigenvalue weighted by Gasteiger charge is 2.24. The van der Waals surface area contributed by atoms with Crippen molar-refractivity contribution in [2.75, 3.05) is 0 Å². The summed E-state index contributed by atoms with van der Waals surface area (Å²) in [5.41, 5.74) is 8.45. The van der Waals surface area contributed by atoms with Crippen LogP contribution in [0, 0.1) is 0 Å². The van der Waals surface area contributed by atoms with Gasteiger partial charge in [0.1, 0.15) is 11.3 Å². The number of carboxylic acids is 1. The highest BCUT2D eigenvalue weighted by Crippen LogP contribution is 2.39. The highest BCUT2D eigenvalue weighted by atomic mass is 16.4. The number of aromatic hydroxyl groups is 1. The number of hydrogen-bond donors (Lipinski definition) is 2. The summed E-state index contributed by atoms with van der Waals surface area (Å²) in [7, 11) is 0. The molecule has 0 saturated heterocycles. The summed E-state index contributed by atoms with van der Waals surface area (Å²) in [4.78, 5) is 12.3. The first-order chi connectivity index (χ1) is 19.4. The fraction of sp³-hybridized carbons (Fsp3) is 0.162. The van der Waals surface area contributed by atoms with Gasteiger partial charge < -0.3 is 10.2 Å². The normalized spacial score (nSPS) is 12.6. The molecule has 0 aliphatic heterocycles. The Balaban J connectivity index is 1.55. The Morgan fingerprint density at radius 2 is 1.05 bits per heavy atom. The molecule has 40 heavy (non-hydrogen) atoms. The minimum Gasteiger partial charge on any atom is -0.507 e. The van der Waals surface area contributed by atoms with Gasteiger partial charge in [0, 0.05) is 17.4 Å². The van der Waals surface area contributed by atoms with E-state index in [1.54, 1.807) is 6.07 Å². The predicted octanol–water partition coefficient (Wildman–Crippen LogP) is 8.58. The van der Waals surface area contributed by atoms with Gasteiger partial charge in [-0.05, 0) is 57.9 Å². The summed E-state index contributed by atoms with van der Waals surface area (Å²) in [5.74, 6) is -1.56. The Kier molecular flexibility index (Phi) is 8.12. The summed E-state index contributed by atoms with van der Waals surface area (Å²) in [6.45, 7) is 4.15. The molecule has 0 saturated carbocycles. The molecule has 0 bridgehead atoms. The molecule has 5 aromatic carbocycles. The van der Waals surface area contributed by atoms with E-state index in [2.05, 4.69) is 55.5 Å². The lowest BCUT2D eigenvalue weighted by Crippen LogP contribution is -2.09. The molecule has 0 amide bonds. The van der Waals surface area contributed by atoms with Crippen LogP contribution in [0.5, 0.6) is 5.75 Å². The monoisotopic (exact) mass is 526 g/mol. The van der Waals surface area contributed by atoms with Gasteiger partial charge in [-0.1, -0.05) is 129 Å². The lowest BCUT2D eigenvalue weighted by molar-refractivity contribution is 0.0693. The van der Waals surface area contributed by atoms with Crippen molar-refractivity contribution < 1.29 is 15.0 Å². The molecule has 2 unspecified atom stereocenters. The zero-order valence-electron chi connectivity index (χ0n) is 22.9. The third-order valence-electron chi connectivity index (χ3n) is 7.88. The lowest BCUT2D eigenvalue weighted by atomic mass is 9.82. The van der Waals surface area contributed by atoms with Gasteiger partial charge in [-0.2, -0.15) is 0 Å². The number of carbonyl (C=O) groups is 1. The van der Waals surface area contributed by atoms with Gasteiger partial charge in [0.25, 0.3) is 0 Å². The Hall–Kier alpha value is -4.63. The molecular weight excluding hydrogens is 492 g/mol. The van der Waals surface area contributed by atoms with Crippen LogP contribution in [-0.2, 0) is 12.8 Å². The van der Waals surface area contributed by atoms with Crippen molar-refractivity contribution in [3.05, 3.63) is 171 Å². The van der Waals surface area contributed by atoms with Crippen LogP contribution in [0.2, 0.25) is 0 Å². The molecule has 0 spiro atoms. The quantitative estimate of drug-likeness (QED) is 0.202. The van der Waals surface area contributed by atoms with Crippen LogP contribution >= 0.6 is 0 Å². The molecule has 200 valence electrons. The second kappa shape index (κ2) is 12.0. The van der Waals surface area contributed by atoms with Gasteiger partial charge in [-0.15, -0.1) is 0 Å². The Morgan fingerprint density at radius 1 is 0.600 bits per heavy atom. The molecule has 5 aromatic rings. The van der Waals surface area contributed by atoms with Gasteiger partial charge in [0.15, 0.2) is 0 Å². The maximum atomic E-state index is 12.3. The first kappa shape index (κ1) is 27.0. The predicted molar refractivity (Wildman–Crippen MR) is 161 cm³/mol. The zero-order valence-corrected chi connectivity index (χ0v) is 22.9. The van der Waals surface area contributed by atoms with Gasteiger partial charge in [0.05, 0.1) is 0 Å².